The van der Waals surface area contributed by atoms with Crippen LogP contribution < -0.4 is 0 Å². The minimum Gasteiger partial charge on any atom is -0.298 e. The molecule has 3 heterocycles. The minimum atomic E-state index is 0.200. The van der Waals surface area contributed by atoms with Gasteiger partial charge in [0.2, 0.25) is 0 Å². The molecule has 0 unspecified atom stereocenters. The van der Waals surface area contributed by atoms with Crippen molar-refractivity contribution in [3.63, 3.8) is 0 Å². The number of aryl methyl sites for hydroxylation is 1. The Hall–Kier alpha value is -2.67. The molecule has 1 aliphatic rings. The highest BCUT2D eigenvalue weighted by Crippen LogP contribution is 2.22. The first-order valence-electron chi connectivity index (χ1n) is 9.04. The number of aromatic nitrogens is 5. The van der Waals surface area contributed by atoms with E-state index < -0.39 is 0 Å². The maximum atomic E-state index is 12.4. The quantitative estimate of drug-likeness (QED) is 0.701. The van der Waals surface area contributed by atoms with Crippen molar-refractivity contribution in [3.8, 4) is 11.3 Å². The van der Waals surface area contributed by atoms with Gasteiger partial charge in [-0.25, -0.2) is 0 Å². The molecule has 0 amide bonds. The van der Waals surface area contributed by atoms with Crippen LogP contribution in [0.4, 0.5) is 0 Å². The summed E-state index contributed by atoms with van der Waals surface area (Å²) in [6.07, 6.45) is 5.85. The van der Waals surface area contributed by atoms with Gasteiger partial charge in [0.25, 0.3) is 0 Å². The number of fused-ring (bicyclic) bond motifs is 1. The van der Waals surface area contributed by atoms with E-state index >= 15 is 0 Å². The van der Waals surface area contributed by atoms with Crippen molar-refractivity contribution in [2.24, 2.45) is 7.05 Å². The van der Waals surface area contributed by atoms with Crippen LogP contribution in [0.3, 0.4) is 0 Å². The van der Waals surface area contributed by atoms with Crippen molar-refractivity contribution >= 4 is 16.7 Å². The number of nitrogens with zero attached hydrogens (tertiary/aromatic N) is 6. The average Bonchev–Trinajstić information content (AvgIpc) is 3.08. The van der Waals surface area contributed by atoms with Crippen molar-refractivity contribution < 1.29 is 4.79 Å². The number of ketones is 1. The molecule has 26 heavy (non-hydrogen) atoms. The number of benzene rings is 1. The van der Waals surface area contributed by atoms with Gasteiger partial charge >= 0.3 is 0 Å². The summed E-state index contributed by atoms with van der Waals surface area (Å²) in [5, 5.41) is 17.6. The molecular weight excluding hydrogens is 328 g/mol. The summed E-state index contributed by atoms with van der Waals surface area (Å²) < 4.78 is 1.68. The fourth-order valence-corrected chi connectivity index (χ4v) is 3.44. The lowest BCUT2D eigenvalue weighted by Gasteiger charge is -2.25. The van der Waals surface area contributed by atoms with Gasteiger partial charge in [-0.05, 0) is 44.1 Å². The molecule has 0 bridgehead atoms. The van der Waals surface area contributed by atoms with Crippen LogP contribution in [0.1, 0.15) is 25.0 Å². The highest BCUT2D eigenvalue weighted by atomic mass is 16.1. The number of hydrogen-bond donors (Lipinski definition) is 0. The predicted octanol–water partition coefficient (Wildman–Crippen LogP) is 2.02. The molecule has 0 radical (unpaired) electrons. The van der Waals surface area contributed by atoms with Crippen LogP contribution in [0, 0.1) is 0 Å². The molecule has 1 saturated heterocycles. The maximum absolute atomic E-state index is 12.4. The van der Waals surface area contributed by atoms with Crippen molar-refractivity contribution in [3.05, 3.63) is 36.2 Å². The van der Waals surface area contributed by atoms with E-state index in [1.54, 1.807) is 4.68 Å². The average molecular weight is 350 g/mol. The number of likely N-dealkylation sites (tertiary alicyclic amines) is 1. The Morgan fingerprint density at radius 3 is 2.69 bits per heavy atom. The maximum Gasteiger partial charge on any atom is 0.152 e. The van der Waals surface area contributed by atoms with Crippen molar-refractivity contribution in [2.45, 2.75) is 25.7 Å². The van der Waals surface area contributed by atoms with E-state index in [9.17, 15) is 4.79 Å². The van der Waals surface area contributed by atoms with Crippen molar-refractivity contribution in [1.82, 2.24) is 30.1 Å². The second-order valence-corrected chi connectivity index (χ2v) is 6.94. The van der Waals surface area contributed by atoms with Gasteiger partial charge in [-0.1, -0.05) is 17.7 Å². The Labute approximate surface area is 152 Å². The van der Waals surface area contributed by atoms with Crippen LogP contribution in [-0.2, 0) is 18.3 Å². The Balaban J connectivity index is 1.51. The molecule has 0 aliphatic carbocycles. The Morgan fingerprint density at radius 2 is 1.92 bits per heavy atom. The fourth-order valence-electron chi connectivity index (χ4n) is 3.44. The number of hydrogen-bond acceptors (Lipinski definition) is 6. The largest absolute Gasteiger partial charge is 0.298 e. The van der Waals surface area contributed by atoms with Crippen LogP contribution in [0.2, 0.25) is 0 Å². The van der Waals surface area contributed by atoms with E-state index in [0.29, 0.717) is 13.0 Å². The first-order valence-corrected chi connectivity index (χ1v) is 9.04. The van der Waals surface area contributed by atoms with E-state index in [-0.39, 0.29) is 5.78 Å². The Morgan fingerprint density at radius 1 is 1.08 bits per heavy atom. The molecule has 4 rings (SSSR count). The van der Waals surface area contributed by atoms with Crippen LogP contribution in [0.15, 0.2) is 30.5 Å². The van der Waals surface area contributed by atoms with Crippen LogP contribution >= 0.6 is 0 Å². The van der Waals surface area contributed by atoms with E-state index in [1.165, 1.54) is 19.3 Å². The van der Waals surface area contributed by atoms with Crippen molar-refractivity contribution in [1.29, 1.82) is 0 Å². The van der Waals surface area contributed by atoms with E-state index in [0.717, 1.165) is 40.9 Å². The molecule has 2 aromatic heterocycles. The van der Waals surface area contributed by atoms with Crippen molar-refractivity contribution in [2.75, 3.05) is 19.6 Å². The Bertz CT molecular complexity index is 929. The highest BCUT2D eigenvalue weighted by Gasteiger charge is 2.15. The second kappa shape index (κ2) is 7.29. The molecule has 134 valence electrons. The van der Waals surface area contributed by atoms with Gasteiger partial charge < -0.3 is 0 Å². The summed E-state index contributed by atoms with van der Waals surface area (Å²) in [4.78, 5) is 14.6. The molecule has 1 fully saturated rings. The number of Topliss-reactive ketones (excluding diaryl/α,β-unsaturated/α-hetero) is 1. The number of piperidine rings is 1. The number of rotatable bonds is 5. The van der Waals surface area contributed by atoms with Crippen LogP contribution in [-0.4, -0.2) is 55.5 Å². The summed E-state index contributed by atoms with van der Waals surface area (Å²) in [6, 6.07) is 7.86. The molecule has 1 aromatic carbocycles. The summed E-state index contributed by atoms with van der Waals surface area (Å²) in [6.45, 7) is 2.56. The summed E-state index contributed by atoms with van der Waals surface area (Å²) >= 11 is 0. The van der Waals surface area contributed by atoms with Gasteiger partial charge in [-0.3, -0.25) is 14.4 Å². The standard InChI is InChI=1S/C19H22N6O/c1-24-13-19(22-23-24)14-5-6-18-15(9-14)10-16(20-21-18)11-17(26)12-25-7-3-2-4-8-25/h5-6,9-10,13H,2-4,7-8,11-12H2,1H3. The van der Waals surface area contributed by atoms with Gasteiger partial charge in [0.15, 0.2) is 5.78 Å². The molecule has 7 heteroatoms. The lowest BCUT2D eigenvalue weighted by atomic mass is 10.1. The zero-order valence-corrected chi connectivity index (χ0v) is 14.9. The lowest BCUT2D eigenvalue weighted by molar-refractivity contribution is -0.119. The third kappa shape index (κ3) is 3.77. The normalized spacial score (nSPS) is 15.4. The topological polar surface area (TPSA) is 76.8 Å². The van der Waals surface area contributed by atoms with Gasteiger partial charge in [-0.2, -0.15) is 10.2 Å². The third-order valence-corrected chi connectivity index (χ3v) is 4.76. The smallest absolute Gasteiger partial charge is 0.152 e. The van der Waals surface area contributed by atoms with Gasteiger partial charge in [-0.15, -0.1) is 5.10 Å². The molecule has 1 aliphatic heterocycles. The molecule has 0 saturated carbocycles. The number of carbonyl (C=O) groups excluding carboxylic acids is 1. The molecule has 0 spiro atoms. The van der Waals surface area contributed by atoms with E-state index in [1.807, 2.05) is 37.5 Å². The molecule has 7 nitrogen and oxygen atoms in total. The second-order valence-electron chi connectivity index (χ2n) is 6.94. The first-order chi connectivity index (χ1) is 12.7. The van der Waals surface area contributed by atoms with Gasteiger partial charge in [0, 0.05) is 18.0 Å². The van der Waals surface area contributed by atoms with Gasteiger partial charge in [0.1, 0.15) is 5.69 Å². The zero-order valence-electron chi connectivity index (χ0n) is 14.9. The minimum absolute atomic E-state index is 0.200. The van der Waals surface area contributed by atoms with Crippen LogP contribution in [0.25, 0.3) is 22.2 Å². The molecule has 0 atom stereocenters. The fraction of sp³-hybridized carbons (Fsp3) is 0.421. The summed E-state index contributed by atoms with van der Waals surface area (Å²) in [7, 11) is 1.84. The number of carbonyl (C=O) groups is 1. The predicted molar refractivity (Wildman–Crippen MR) is 98.5 cm³/mol. The Kier molecular flexibility index (Phi) is 4.71. The third-order valence-electron chi connectivity index (χ3n) is 4.76. The zero-order chi connectivity index (χ0) is 17.9. The summed E-state index contributed by atoms with van der Waals surface area (Å²) in [5.74, 6) is 0.200. The monoisotopic (exact) mass is 350 g/mol. The molecule has 0 N–H and O–H groups in total. The highest BCUT2D eigenvalue weighted by molar-refractivity contribution is 5.86. The van der Waals surface area contributed by atoms with Gasteiger partial charge in [0.05, 0.1) is 30.4 Å². The van der Waals surface area contributed by atoms with E-state index in [2.05, 4.69) is 25.4 Å². The SMILES string of the molecule is Cn1cc(-c2ccc3nnc(CC(=O)CN4CCCCC4)cc3c2)nn1. The summed E-state index contributed by atoms with van der Waals surface area (Å²) in [5.41, 5.74) is 3.32. The van der Waals surface area contributed by atoms with Crippen LogP contribution in [0.5, 0.6) is 0 Å². The van der Waals surface area contributed by atoms with E-state index in [4.69, 9.17) is 0 Å². The first kappa shape index (κ1) is 16.8. The molecule has 3 aromatic rings. The lowest BCUT2D eigenvalue weighted by Crippen LogP contribution is -2.35. The molecular formula is C19H22N6O.